The first-order valence-corrected chi connectivity index (χ1v) is 7.65. The Labute approximate surface area is 129 Å². The predicted molar refractivity (Wildman–Crippen MR) is 79.9 cm³/mol. The maximum absolute atomic E-state index is 12.0. The number of nitrogens with one attached hydrogen (secondary N) is 2. The smallest absolute Gasteiger partial charge is 0.224 e. The van der Waals surface area contributed by atoms with Crippen molar-refractivity contribution in [1.82, 2.24) is 10.6 Å². The standard InChI is InChI=1S/C16H20N2O4/c19-15-4-2-12(10-18-15)16(20)17-6-5-11-1-3-13-14(9-11)22-8-7-21-13/h1,3,9,12H,2,4-8,10H2,(H,17,20)(H,18,19). The molecular weight excluding hydrogens is 284 g/mol. The van der Waals surface area contributed by atoms with Gasteiger partial charge >= 0.3 is 0 Å². The van der Waals surface area contributed by atoms with Gasteiger partial charge in [-0.2, -0.15) is 0 Å². The van der Waals surface area contributed by atoms with Crippen LogP contribution in [-0.4, -0.2) is 38.1 Å². The predicted octanol–water partition coefficient (Wildman–Crippen LogP) is 0.643. The molecule has 1 aromatic carbocycles. The minimum Gasteiger partial charge on any atom is -0.486 e. The average Bonchev–Trinajstić information content (AvgIpc) is 2.55. The number of piperidine rings is 1. The van der Waals surface area contributed by atoms with Gasteiger partial charge < -0.3 is 20.1 Å². The first-order chi connectivity index (χ1) is 10.7. The Morgan fingerprint density at radius 1 is 1.27 bits per heavy atom. The van der Waals surface area contributed by atoms with E-state index < -0.39 is 0 Å². The zero-order valence-corrected chi connectivity index (χ0v) is 12.4. The molecule has 22 heavy (non-hydrogen) atoms. The molecule has 2 aliphatic heterocycles. The van der Waals surface area contributed by atoms with Gasteiger partial charge in [0.15, 0.2) is 11.5 Å². The summed E-state index contributed by atoms with van der Waals surface area (Å²) in [7, 11) is 0. The molecule has 2 amide bonds. The summed E-state index contributed by atoms with van der Waals surface area (Å²) in [6.07, 6.45) is 1.80. The fourth-order valence-corrected chi connectivity index (χ4v) is 2.67. The first kappa shape index (κ1) is 14.7. The number of rotatable bonds is 4. The van der Waals surface area contributed by atoms with Crippen molar-refractivity contribution in [2.75, 3.05) is 26.3 Å². The SMILES string of the molecule is O=C1CCC(C(=O)NCCc2ccc3c(c2)OCCO3)CN1. The number of hydrogen-bond acceptors (Lipinski definition) is 4. The molecule has 0 bridgehead atoms. The number of amides is 2. The molecule has 0 aliphatic carbocycles. The van der Waals surface area contributed by atoms with Gasteiger partial charge in [-0.05, 0) is 30.5 Å². The quantitative estimate of drug-likeness (QED) is 0.856. The van der Waals surface area contributed by atoms with Crippen LogP contribution in [0.25, 0.3) is 0 Å². The minimum absolute atomic E-state index is 0.0116. The van der Waals surface area contributed by atoms with Crippen LogP contribution in [0.3, 0.4) is 0 Å². The molecule has 0 aromatic heterocycles. The van der Waals surface area contributed by atoms with Gasteiger partial charge in [0.25, 0.3) is 0 Å². The lowest BCUT2D eigenvalue weighted by molar-refractivity contribution is -0.128. The maximum Gasteiger partial charge on any atom is 0.224 e. The summed E-state index contributed by atoms with van der Waals surface area (Å²) in [5.41, 5.74) is 1.10. The largest absolute Gasteiger partial charge is 0.486 e. The summed E-state index contributed by atoms with van der Waals surface area (Å²) in [5.74, 6) is 1.47. The number of carbonyl (C=O) groups excluding carboxylic acids is 2. The highest BCUT2D eigenvalue weighted by molar-refractivity contribution is 5.83. The van der Waals surface area contributed by atoms with E-state index in [1.54, 1.807) is 0 Å². The van der Waals surface area contributed by atoms with Crippen LogP contribution in [0.1, 0.15) is 18.4 Å². The van der Waals surface area contributed by atoms with Crippen LogP contribution < -0.4 is 20.1 Å². The Hall–Kier alpha value is -2.24. The van der Waals surface area contributed by atoms with E-state index in [1.165, 1.54) is 0 Å². The summed E-state index contributed by atoms with van der Waals surface area (Å²) < 4.78 is 11.0. The van der Waals surface area contributed by atoms with Crippen LogP contribution in [0, 0.1) is 5.92 Å². The van der Waals surface area contributed by atoms with Crippen LogP contribution in [0.2, 0.25) is 0 Å². The molecule has 6 nitrogen and oxygen atoms in total. The van der Waals surface area contributed by atoms with E-state index in [1.807, 2.05) is 18.2 Å². The van der Waals surface area contributed by atoms with E-state index in [2.05, 4.69) is 10.6 Å². The number of hydrogen-bond donors (Lipinski definition) is 2. The molecule has 2 N–H and O–H groups in total. The van der Waals surface area contributed by atoms with E-state index in [-0.39, 0.29) is 17.7 Å². The van der Waals surface area contributed by atoms with Crippen molar-refractivity contribution in [3.63, 3.8) is 0 Å². The lowest BCUT2D eigenvalue weighted by Crippen LogP contribution is -2.43. The van der Waals surface area contributed by atoms with Crippen molar-refractivity contribution in [3.05, 3.63) is 23.8 Å². The molecule has 2 aliphatic rings. The van der Waals surface area contributed by atoms with Gasteiger partial charge in [0.2, 0.25) is 11.8 Å². The van der Waals surface area contributed by atoms with Gasteiger partial charge in [-0.25, -0.2) is 0 Å². The van der Waals surface area contributed by atoms with Crippen molar-refractivity contribution in [2.45, 2.75) is 19.3 Å². The zero-order chi connectivity index (χ0) is 15.4. The van der Waals surface area contributed by atoms with E-state index in [0.717, 1.165) is 23.5 Å². The molecule has 3 rings (SSSR count). The number of carbonyl (C=O) groups is 2. The summed E-state index contributed by atoms with van der Waals surface area (Å²) in [4.78, 5) is 23.1. The third-order valence-corrected chi connectivity index (χ3v) is 3.96. The van der Waals surface area contributed by atoms with E-state index >= 15 is 0 Å². The highest BCUT2D eigenvalue weighted by Gasteiger charge is 2.23. The number of ether oxygens (including phenoxy) is 2. The monoisotopic (exact) mass is 304 g/mol. The Kier molecular flexibility index (Phi) is 4.46. The fraction of sp³-hybridized carbons (Fsp3) is 0.500. The van der Waals surface area contributed by atoms with Crippen molar-refractivity contribution >= 4 is 11.8 Å². The topological polar surface area (TPSA) is 76.7 Å². The third-order valence-electron chi connectivity index (χ3n) is 3.96. The van der Waals surface area contributed by atoms with Crippen LogP contribution in [0.4, 0.5) is 0 Å². The minimum atomic E-state index is -0.113. The molecule has 0 radical (unpaired) electrons. The number of fused-ring (bicyclic) bond motifs is 1. The summed E-state index contributed by atoms with van der Waals surface area (Å²) in [6, 6.07) is 5.85. The van der Waals surface area contributed by atoms with Crippen molar-refractivity contribution in [1.29, 1.82) is 0 Å². The molecule has 1 aromatic rings. The third kappa shape index (κ3) is 3.50. The highest BCUT2D eigenvalue weighted by Crippen LogP contribution is 2.30. The second-order valence-electron chi connectivity index (χ2n) is 5.56. The van der Waals surface area contributed by atoms with Crippen molar-refractivity contribution < 1.29 is 19.1 Å². The second kappa shape index (κ2) is 6.68. The maximum atomic E-state index is 12.0. The average molecular weight is 304 g/mol. The molecular formula is C16H20N2O4. The molecule has 0 spiro atoms. The summed E-state index contributed by atoms with van der Waals surface area (Å²) in [5, 5.41) is 5.66. The molecule has 118 valence electrons. The van der Waals surface area contributed by atoms with Crippen LogP contribution >= 0.6 is 0 Å². The van der Waals surface area contributed by atoms with Crippen molar-refractivity contribution in [3.8, 4) is 11.5 Å². The van der Waals surface area contributed by atoms with Crippen LogP contribution in [-0.2, 0) is 16.0 Å². The fourth-order valence-electron chi connectivity index (χ4n) is 2.67. The summed E-state index contributed by atoms with van der Waals surface area (Å²) >= 11 is 0. The van der Waals surface area contributed by atoms with E-state index in [0.29, 0.717) is 39.1 Å². The molecule has 1 saturated heterocycles. The highest BCUT2D eigenvalue weighted by atomic mass is 16.6. The Morgan fingerprint density at radius 3 is 2.86 bits per heavy atom. The molecule has 1 atom stereocenters. The normalized spacial score (nSPS) is 20.2. The molecule has 1 fully saturated rings. The molecule has 0 saturated carbocycles. The summed E-state index contributed by atoms with van der Waals surface area (Å²) in [6.45, 7) is 2.17. The van der Waals surface area contributed by atoms with Gasteiger partial charge in [-0.3, -0.25) is 9.59 Å². The first-order valence-electron chi connectivity index (χ1n) is 7.65. The zero-order valence-electron chi connectivity index (χ0n) is 12.4. The van der Waals surface area contributed by atoms with Gasteiger partial charge in [0.1, 0.15) is 13.2 Å². The van der Waals surface area contributed by atoms with E-state index in [9.17, 15) is 9.59 Å². The molecule has 6 heteroatoms. The van der Waals surface area contributed by atoms with Gasteiger partial charge in [-0.15, -0.1) is 0 Å². The Morgan fingerprint density at radius 2 is 2.09 bits per heavy atom. The van der Waals surface area contributed by atoms with Gasteiger partial charge in [0.05, 0.1) is 5.92 Å². The van der Waals surface area contributed by atoms with Crippen molar-refractivity contribution in [2.24, 2.45) is 5.92 Å². The Balaban J connectivity index is 1.46. The number of benzene rings is 1. The molecule has 1 unspecified atom stereocenters. The lowest BCUT2D eigenvalue weighted by atomic mass is 9.98. The van der Waals surface area contributed by atoms with Crippen LogP contribution in [0.5, 0.6) is 11.5 Å². The second-order valence-corrected chi connectivity index (χ2v) is 5.56. The van der Waals surface area contributed by atoms with Gasteiger partial charge in [0, 0.05) is 19.5 Å². The Bertz CT molecular complexity index is 563. The lowest BCUT2D eigenvalue weighted by Gasteiger charge is -2.21. The molecule has 2 heterocycles. The van der Waals surface area contributed by atoms with Crippen LogP contribution in [0.15, 0.2) is 18.2 Å². The van der Waals surface area contributed by atoms with E-state index in [4.69, 9.17) is 9.47 Å². The van der Waals surface area contributed by atoms with Gasteiger partial charge in [-0.1, -0.05) is 6.07 Å².